The normalized spacial score (nSPS) is 13.9. The summed E-state index contributed by atoms with van der Waals surface area (Å²) in [5.74, 6) is 0.511. The third kappa shape index (κ3) is 2.82. The van der Waals surface area contributed by atoms with Crippen LogP contribution in [0.3, 0.4) is 0 Å². The summed E-state index contributed by atoms with van der Waals surface area (Å²) in [5, 5.41) is 5.23. The molecule has 17 heavy (non-hydrogen) atoms. The van der Waals surface area contributed by atoms with E-state index in [9.17, 15) is 0 Å². The SMILES string of the molecule is CC[C@H](C)/C(C)=N\Nc1nc2ccccc2s1. The van der Waals surface area contributed by atoms with Gasteiger partial charge in [0.15, 0.2) is 0 Å². The zero-order chi connectivity index (χ0) is 12.3. The number of rotatable bonds is 4. The Kier molecular flexibility index (Phi) is 3.74. The maximum Gasteiger partial charge on any atom is 0.204 e. The largest absolute Gasteiger partial charge is 0.253 e. The number of nitrogens with zero attached hydrogens (tertiary/aromatic N) is 2. The molecule has 2 aromatic rings. The van der Waals surface area contributed by atoms with Crippen molar-refractivity contribution >= 4 is 32.4 Å². The number of hydrogen-bond donors (Lipinski definition) is 1. The molecule has 1 heterocycles. The lowest BCUT2D eigenvalue weighted by Gasteiger charge is -2.06. The molecule has 1 aromatic carbocycles. The first-order chi connectivity index (χ1) is 8.20. The number of hydrogen-bond acceptors (Lipinski definition) is 4. The molecule has 0 aliphatic carbocycles. The monoisotopic (exact) mass is 247 g/mol. The van der Waals surface area contributed by atoms with Crippen LogP contribution < -0.4 is 5.43 Å². The molecule has 0 amide bonds. The summed E-state index contributed by atoms with van der Waals surface area (Å²) >= 11 is 1.63. The molecule has 90 valence electrons. The van der Waals surface area contributed by atoms with Gasteiger partial charge in [0, 0.05) is 5.71 Å². The van der Waals surface area contributed by atoms with E-state index in [4.69, 9.17) is 0 Å². The van der Waals surface area contributed by atoms with Gasteiger partial charge in [-0.05, 0) is 31.4 Å². The van der Waals surface area contributed by atoms with E-state index in [0.717, 1.165) is 22.8 Å². The van der Waals surface area contributed by atoms with E-state index in [1.165, 1.54) is 4.70 Å². The molecule has 1 N–H and O–H groups in total. The topological polar surface area (TPSA) is 37.3 Å². The van der Waals surface area contributed by atoms with Crippen LogP contribution in [0.2, 0.25) is 0 Å². The molecule has 0 spiro atoms. The number of fused-ring (bicyclic) bond motifs is 1. The zero-order valence-corrected chi connectivity index (χ0v) is 11.2. The summed E-state index contributed by atoms with van der Waals surface area (Å²) in [6, 6.07) is 8.11. The molecule has 0 radical (unpaired) electrons. The molecular weight excluding hydrogens is 230 g/mol. The fourth-order valence-corrected chi connectivity index (χ4v) is 2.27. The minimum absolute atomic E-state index is 0.511. The maximum atomic E-state index is 4.47. The third-order valence-corrected chi connectivity index (χ3v) is 3.89. The number of hydrazone groups is 1. The molecule has 1 atom stereocenters. The Morgan fingerprint density at radius 1 is 1.47 bits per heavy atom. The van der Waals surface area contributed by atoms with Gasteiger partial charge < -0.3 is 0 Å². The van der Waals surface area contributed by atoms with Crippen molar-refractivity contribution < 1.29 is 0 Å². The van der Waals surface area contributed by atoms with Gasteiger partial charge >= 0.3 is 0 Å². The maximum absolute atomic E-state index is 4.47. The van der Waals surface area contributed by atoms with E-state index in [2.05, 4.69) is 42.3 Å². The predicted molar refractivity (Wildman–Crippen MR) is 75.8 cm³/mol. The van der Waals surface area contributed by atoms with Crippen molar-refractivity contribution in [1.82, 2.24) is 4.98 Å². The number of para-hydroxylation sites is 1. The van der Waals surface area contributed by atoms with Crippen LogP contribution in [-0.4, -0.2) is 10.7 Å². The van der Waals surface area contributed by atoms with Gasteiger partial charge in [-0.3, -0.25) is 5.43 Å². The Balaban J connectivity index is 2.14. The van der Waals surface area contributed by atoms with Gasteiger partial charge in [-0.25, -0.2) is 4.98 Å². The van der Waals surface area contributed by atoms with Gasteiger partial charge in [0.1, 0.15) is 0 Å². The molecule has 0 aliphatic rings. The lowest BCUT2D eigenvalue weighted by molar-refractivity contribution is 0.734. The van der Waals surface area contributed by atoms with E-state index in [1.807, 2.05) is 18.2 Å². The molecule has 1 aromatic heterocycles. The minimum atomic E-state index is 0.511. The third-order valence-electron chi connectivity index (χ3n) is 2.95. The Hall–Kier alpha value is -1.42. The van der Waals surface area contributed by atoms with Gasteiger partial charge in [0.2, 0.25) is 5.13 Å². The van der Waals surface area contributed by atoms with Crippen LogP contribution in [0.15, 0.2) is 29.4 Å². The molecule has 0 saturated carbocycles. The van der Waals surface area contributed by atoms with Crippen LogP contribution in [0, 0.1) is 5.92 Å². The molecule has 0 aliphatic heterocycles. The summed E-state index contributed by atoms with van der Waals surface area (Å²) in [4.78, 5) is 4.47. The van der Waals surface area contributed by atoms with Crippen LogP contribution in [0.1, 0.15) is 27.2 Å². The van der Waals surface area contributed by atoms with Crippen LogP contribution in [0.4, 0.5) is 5.13 Å². The summed E-state index contributed by atoms with van der Waals surface area (Å²) in [7, 11) is 0. The van der Waals surface area contributed by atoms with Crippen LogP contribution >= 0.6 is 11.3 Å². The van der Waals surface area contributed by atoms with Crippen LogP contribution in [0.5, 0.6) is 0 Å². The highest BCUT2D eigenvalue weighted by atomic mass is 32.1. The van der Waals surface area contributed by atoms with Gasteiger partial charge in [-0.1, -0.05) is 37.3 Å². The van der Waals surface area contributed by atoms with Crippen LogP contribution in [0.25, 0.3) is 10.2 Å². The molecule has 3 nitrogen and oxygen atoms in total. The first-order valence-corrected chi connectivity index (χ1v) is 6.68. The average Bonchev–Trinajstić information content (AvgIpc) is 2.77. The highest BCUT2D eigenvalue weighted by Crippen LogP contribution is 2.25. The number of nitrogens with one attached hydrogen (secondary N) is 1. The second kappa shape index (κ2) is 5.27. The standard InChI is InChI=1S/C13H17N3S/c1-4-9(2)10(3)15-16-13-14-11-7-5-6-8-12(11)17-13/h5-9H,4H2,1-3H3,(H,14,16)/b15-10-/t9-/m0/s1. The number of anilines is 1. The lowest BCUT2D eigenvalue weighted by Crippen LogP contribution is -2.07. The number of aromatic nitrogens is 1. The van der Waals surface area contributed by atoms with Gasteiger partial charge in [-0.15, -0.1) is 0 Å². The van der Waals surface area contributed by atoms with Crippen molar-refractivity contribution in [3.05, 3.63) is 24.3 Å². The summed E-state index contributed by atoms with van der Waals surface area (Å²) in [6.45, 7) is 6.40. The second-order valence-corrected chi connectivity index (χ2v) is 5.19. The summed E-state index contributed by atoms with van der Waals surface area (Å²) < 4.78 is 1.19. The van der Waals surface area contributed by atoms with Crippen molar-refractivity contribution in [2.75, 3.05) is 5.43 Å². The smallest absolute Gasteiger partial charge is 0.204 e. The number of thiazole rings is 1. The Bertz CT molecular complexity index is 497. The zero-order valence-electron chi connectivity index (χ0n) is 10.4. The van der Waals surface area contributed by atoms with Gasteiger partial charge in [0.05, 0.1) is 10.2 Å². The van der Waals surface area contributed by atoms with Crippen molar-refractivity contribution in [3.63, 3.8) is 0 Å². The molecule has 0 fully saturated rings. The lowest BCUT2D eigenvalue weighted by atomic mass is 10.1. The minimum Gasteiger partial charge on any atom is -0.253 e. The molecule has 4 heteroatoms. The Morgan fingerprint density at radius 3 is 2.94 bits per heavy atom. The molecule has 2 rings (SSSR count). The van der Waals surface area contributed by atoms with E-state index in [0.29, 0.717) is 5.92 Å². The quantitative estimate of drug-likeness (QED) is 0.651. The van der Waals surface area contributed by atoms with E-state index < -0.39 is 0 Å². The van der Waals surface area contributed by atoms with Crippen molar-refractivity contribution in [1.29, 1.82) is 0 Å². The highest BCUT2D eigenvalue weighted by Gasteiger charge is 2.04. The fourth-order valence-electron chi connectivity index (χ4n) is 1.46. The molecule has 0 bridgehead atoms. The summed E-state index contributed by atoms with van der Waals surface area (Å²) in [5.41, 5.74) is 5.19. The van der Waals surface area contributed by atoms with Gasteiger partial charge in [-0.2, -0.15) is 5.10 Å². The van der Waals surface area contributed by atoms with E-state index in [1.54, 1.807) is 11.3 Å². The average molecular weight is 247 g/mol. The number of benzene rings is 1. The first kappa shape index (κ1) is 12.0. The van der Waals surface area contributed by atoms with Crippen molar-refractivity contribution in [3.8, 4) is 0 Å². The Morgan fingerprint density at radius 2 is 2.24 bits per heavy atom. The van der Waals surface area contributed by atoms with Crippen LogP contribution in [-0.2, 0) is 0 Å². The second-order valence-electron chi connectivity index (χ2n) is 4.16. The molecule has 0 unspecified atom stereocenters. The van der Waals surface area contributed by atoms with Crippen molar-refractivity contribution in [2.24, 2.45) is 11.0 Å². The molecule has 0 saturated heterocycles. The highest BCUT2D eigenvalue weighted by molar-refractivity contribution is 7.22. The van der Waals surface area contributed by atoms with E-state index >= 15 is 0 Å². The molecular formula is C13H17N3S. The van der Waals surface area contributed by atoms with Crippen molar-refractivity contribution in [2.45, 2.75) is 27.2 Å². The summed E-state index contributed by atoms with van der Waals surface area (Å²) in [6.07, 6.45) is 1.11. The predicted octanol–water partition coefficient (Wildman–Crippen LogP) is 4.13. The van der Waals surface area contributed by atoms with Gasteiger partial charge in [0.25, 0.3) is 0 Å². The van der Waals surface area contributed by atoms with E-state index in [-0.39, 0.29) is 0 Å². The Labute approximate surface area is 106 Å². The fraction of sp³-hybridized carbons (Fsp3) is 0.385. The first-order valence-electron chi connectivity index (χ1n) is 5.86.